The molecule has 0 aliphatic carbocycles. The predicted octanol–water partition coefficient (Wildman–Crippen LogP) is 3.15. The normalized spacial score (nSPS) is 18.0. The monoisotopic (exact) mass is 451 g/mol. The Kier molecular flexibility index (Phi) is 5.79. The van der Waals surface area contributed by atoms with Crippen LogP contribution in [0.25, 0.3) is 5.69 Å². The van der Waals surface area contributed by atoms with Crippen molar-refractivity contribution in [3.05, 3.63) is 41.2 Å². The number of amides is 2. The molecule has 1 fully saturated rings. The zero-order valence-electron chi connectivity index (χ0n) is 17.8. The predicted molar refractivity (Wildman–Crippen MR) is 109 cm³/mol. The maximum atomic E-state index is 13.3. The molecule has 32 heavy (non-hydrogen) atoms. The van der Waals surface area contributed by atoms with E-state index in [1.165, 1.54) is 4.90 Å². The molecule has 10 heteroatoms. The number of nitrogens with one attached hydrogen (secondary N) is 1. The first-order valence-corrected chi connectivity index (χ1v) is 10.4. The minimum Gasteiger partial charge on any atom is -0.486 e. The summed E-state index contributed by atoms with van der Waals surface area (Å²) >= 11 is 0. The van der Waals surface area contributed by atoms with Gasteiger partial charge in [0.15, 0.2) is 11.5 Å². The number of alkyl halides is 3. The van der Waals surface area contributed by atoms with Crippen LogP contribution in [0.2, 0.25) is 0 Å². The van der Waals surface area contributed by atoms with Crippen molar-refractivity contribution >= 4 is 11.8 Å². The molecule has 1 aromatic carbocycles. The number of carbonyl (C=O) groups is 2. The van der Waals surface area contributed by atoms with Crippen molar-refractivity contribution in [2.24, 2.45) is 0 Å². The summed E-state index contributed by atoms with van der Waals surface area (Å²) in [7, 11) is 0. The molecule has 2 aromatic rings. The molecule has 1 unspecified atom stereocenters. The Morgan fingerprint density at radius 1 is 1.12 bits per heavy atom. The summed E-state index contributed by atoms with van der Waals surface area (Å²) in [5.74, 6) is 0.124. The van der Waals surface area contributed by atoms with Crippen LogP contribution < -0.4 is 14.8 Å². The van der Waals surface area contributed by atoms with E-state index >= 15 is 0 Å². The molecule has 2 aliphatic rings. The third kappa shape index (κ3) is 4.26. The largest absolute Gasteiger partial charge is 0.486 e. The van der Waals surface area contributed by atoms with E-state index in [-0.39, 0.29) is 5.91 Å². The number of rotatable bonds is 4. The van der Waals surface area contributed by atoms with Crippen molar-refractivity contribution in [2.75, 3.05) is 26.3 Å². The van der Waals surface area contributed by atoms with Crippen LogP contribution in [0.15, 0.2) is 24.3 Å². The fourth-order valence-corrected chi connectivity index (χ4v) is 4.29. The molecule has 1 aromatic heterocycles. The molecule has 0 radical (unpaired) electrons. The third-order valence-electron chi connectivity index (χ3n) is 5.72. The van der Waals surface area contributed by atoms with Crippen LogP contribution in [0.4, 0.5) is 13.2 Å². The van der Waals surface area contributed by atoms with Gasteiger partial charge in [0.2, 0.25) is 5.91 Å². The van der Waals surface area contributed by atoms with Gasteiger partial charge >= 0.3 is 6.18 Å². The Morgan fingerprint density at radius 2 is 1.84 bits per heavy atom. The first-order chi connectivity index (χ1) is 15.2. The van der Waals surface area contributed by atoms with Crippen molar-refractivity contribution in [3.8, 4) is 17.2 Å². The van der Waals surface area contributed by atoms with E-state index in [4.69, 9.17) is 9.47 Å². The average Bonchev–Trinajstić information content (AvgIpc) is 3.35. The zero-order valence-corrected chi connectivity index (χ0v) is 17.8. The maximum absolute atomic E-state index is 13.3. The highest BCUT2D eigenvalue weighted by atomic mass is 19.4. The third-order valence-corrected chi connectivity index (χ3v) is 5.72. The fraction of sp³-hybridized carbons (Fsp3) is 0.455. The molecular weight excluding hydrogens is 427 g/mol. The zero-order chi connectivity index (χ0) is 23.0. The van der Waals surface area contributed by atoms with Crippen LogP contribution >= 0.6 is 0 Å². The van der Waals surface area contributed by atoms with Gasteiger partial charge in [0, 0.05) is 29.7 Å². The van der Waals surface area contributed by atoms with Crippen LogP contribution in [0, 0.1) is 13.8 Å². The summed E-state index contributed by atoms with van der Waals surface area (Å²) in [5.41, 5.74) is 2.68. The second-order valence-electron chi connectivity index (χ2n) is 7.94. The van der Waals surface area contributed by atoms with E-state index < -0.39 is 24.7 Å². The van der Waals surface area contributed by atoms with Crippen LogP contribution in [0.5, 0.6) is 11.5 Å². The van der Waals surface area contributed by atoms with E-state index in [2.05, 4.69) is 0 Å². The van der Waals surface area contributed by atoms with Gasteiger partial charge in [-0.25, -0.2) is 0 Å². The highest BCUT2D eigenvalue weighted by molar-refractivity contribution is 5.99. The van der Waals surface area contributed by atoms with Crippen LogP contribution in [0.1, 0.15) is 34.6 Å². The number of fused-ring (bicyclic) bond motifs is 1. The van der Waals surface area contributed by atoms with E-state index in [1.807, 2.05) is 35.0 Å². The molecule has 3 heterocycles. The lowest BCUT2D eigenvalue weighted by atomic mass is 10.1. The smallest absolute Gasteiger partial charge is 0.405 e. The Morgan fingerprint density at radius 3 is 2.56 bits per heavy atom. The SMILES string of the molecule is Cc1cc(C(=O)N2CCCC2C(=O)NCC(F)(F)F)c(C)n1-c1ccc2c(c1)OCCO2. The van der Waals surface area contributed by atoms with Gasteiger partial charge in [-0.2, -0.15) is 13.2 Å². The number of hydrogen-bond donors (Lipinski definition) is 1. The molecule has 0 saturated carbocycles. The second kappa shape index (κ2) is 8.40. The number of aryl methyl sites for hydroxylation is 1. The number of halogens is 3. The van der Waals surface area contributed by atoms with Crippen LogP contribution in [0.3, 0.4) is 0 Å². The summed E-state index contributed by atoms with van der Waals surface area (Å²) in [5, 5.41) is 1.90. The molecule has 0 spiro atoms. The van der Waals surface area contributed by atoms with Gasteiger partial charge in [0.1, 0.15) is 25.8 Å². The lowest BCUT2D eigenvalue weighted by molar-refractivity contribution is -0.140. The van der Waals surface area contributed by atoms with E-state index in [1.54, 1.807) is 13.0 Å². The minimum atomic E-state index is -4.50. The summed E-state index contributed by atoms with van der Waals surface area (Å²) in [6.45, 7) is 3.50. The molecule has 2 amide bonds. The molecule has 0 bridgehead atoms. The Balaban J connectivity index is 1.58. The van der Waals surface area contributed by atoms with Crippen LogP contribution in [-0.2, 0) is 4.79 Å². The molecule has 1 saturated heterocycles. The highest BCUT2D eigenvalue weighted by Crippen LogP contribution is 2.34. The van der Waals surface area contributed by atoms with Gasteiger partial charge in [-0.3, -0.25) is 9.59 Å². The fourth-order valence-electron chi connectivity index (χ4n) is 4.29. The van der Waals surface area contributed by atoms with Gasteiger partial charge in [0.05, 0.1) is 5.56 Å². The van der Waals surface area contributed by atoms with Gasteiger partial charge in [-0.15, -0.1) is 0 Å². The lowest BCUT2D eigenvalue weighted by Gasteiger charge is -2.24. The summed E-state index contributed by atoms with van der Waals surface area (Å²) < 4.78 is 50.5. The van der Waals surface area contributed by atoms with Crippen LogP contribution in [-0.4, -0.2) is 59.8 Å². The summed E-state index contributed by atoms with van der Waals surface area (Å²) in [6.07, 6.45) is -3.62. The Labute approximate surface area is 183 Å². The molecule has 4 rings (SSSR count). The van der Waals surface area contributed by atoms with Crippen molar-refractivity contribution < 1.29 is 32.2 Å². The quantitative estimate of drug-likeness (QED) is 0.775. The molecule has 172 valence electrons. The highest BCUT2D eigenvalue weighted by Gasteiger charge is 2.37. The number of benzene rings is 1. The molecule has 7 nitrogen and oxygen atoms in total. The topological polar surface area (TPSA) is 72.8 Å². The van der Waals surface area contributed by atoms with E-state index in [0.29, 0.717) is 55.4 Å². The number of carbonyl (C=O) groups excluding carboxylic acids is 2. The first-order valence-electron chi connectivity index (χ1n) is 10.4. The van der Waals surface area contributed by atoms with E-state index in [9.17, 15) is 22.8 Å². The molecule has 1 atom stereocenters. The van der Waals surface area contributed by atoms with E-state index in [0.717, 1.165) is 11.4 Å². The number of nitrogens with zero attached hydrogens (tertiary/aromatic N) is 2. The standard InChI is InChI=1S/C22H24F3N3O4/c1-13-10-16(14(2)28(13)15-5-6-18-19(11-15)32-9-8-31-18)21(30)27-7-3-4-17(27)20(29)26-12-22(23,24)25/h5-6,10-11,17H,3-4,7-9,12H2,1-2H3,(H,26,29). The summed E-state index contributed by atoms with van der Waals surface area (Å²) in [4.78, 5) is 27.0. The second-order valence-corrected chi connectivity index (χ2v) is 7.94. The number of likely N-dealkylation sites (tertiary alicyclic amines) is 1. The average molecular weight is 451 g/mol. The molecule has 1 N–H and O–H groups in total. The van der Waals surface area contributed by atoms with Gasteiger partial charge in [0.25, 0.3) is 5.91 Å². The van der Waals surface area contributed by atoms with Gasteiger partial charge < -0.3 is 24.3 Å². The van der Waals surface area contributed by atoms with Crippen molar-refractivity contribution in [1.82, 2.24) is 14.8 Å². The first kappa shape index (κ1) is 22.0. The lowest BCUT2D eigenvalue weighted by Crippen LogP contribution is -2.48. The minimum absolute atomic E-state index is 0.316. The summed E-state index contributed by atoms with van der Waals surface area (Å²) in [6, 6.07) is 6.34. The molecule has 2 aliphatic heterocycles. The Bertz CT molecular complexity index is 1050. The van der Waals surface area contributed by atoms with Crippen molar-refractivity contribution in [2.45, 2.75) is 38.9 Å². The number of ether oxygens (including phenoxy) is 2. The number of hydrogen-bond acceptors (Lipinski definition) is 4. The maximum Gasteiger partial charge on any atom is 0.405 e. The molecular formula is C22H24F3N3O4. The van der Waals surface area contributed by atoms with Gasteiger partial charge in [-0.1, -0.05) is 0 Å². The van der Waals surface area contributed by atoms with Crippen molar-refractivity contribution in [1.29, 1.82) is 0 Å². The van der Waals surface area contributed by atoms with Gasteiger partial charge in [-0.05, 0) is 44.9 Å². The number of aromatic nitrogens is 1. The van der Waals surface area contributed by atoms with Crippen molar-refractivity contribution in [3.63, 3.8) is 0 Å². The Hall–Kier alpha value is -3.17.